The third-order valence-corrected chi connectivity index (χ3v) is 5.33. The highest BCUT2D eigenvalue weighted by Crippen LogP contribution is 2.39. The van der Waals surface area contributed by atoms with Gasteiger partial charge in [0.1, 0.15) is 0 Å². The zero-order chi connectivity index (χ0) is 12.4. The van der Waals surface area contributed by atoms with Gasteiger partial charge in [0.15, 0.2) is 0 Å². The van der Waals surface area contributed by atoms with Gasteiger partial charge in [-0.1, -0.05) is 25.1 Å². The minimum atomic E-state index is 0.622. The maximum atomic E-state index is 5.59. The highest BCUT2D eigenvalue weighted by Gasteiger charge is 2.28. The molecular weight excluding hydrogens is 242 g/mol. The third-order valence-electron chi connectivity index (χ3n) is 4.07. The number of hydrogen-bond acceptors (Lipinski definition) is 3. The van der Waals surface area contributed by atoms with E-state index in [-0.39, 0.29) is 0 Å². The highest BCUT2D eigenvalue weighted by atomic mass is 32.2. The maximum Gasteiger partial charge on any atom is 0.0622 e. The standard InChI is InChI=1S/C15H21NOS/c1-2-13-10-17-8-7-16(13)9-12-11-18-15-6-4-3-5-14(12)15/h3-6,12-13H,2,7-11H2,1H3. The molecule has 1 aromatic carbocycles. The lowest BCUT2D eigenvalue weighted by Gasteiger charge is -2.36. The van der Waals surface area contributed by atoms with Gasteiger partial charge in [0.2, 0.25) is 0 Å². The van der Waals surface area contributed by atoms with Crippen LogP contribution in [0.25, 0.3) is 0 Å². The van der Waals surface area contributed by atoms with Gasteiger partial charge < -0.3 is 4.74 Å². The van der Waals surface area contributed by atoms with E-state index in [1.54, 1.807) is 5.56 Å². The minimum Gasteiger partial charge on any atom is -0.378 e. The third kappa shape index (κ3) is 2.44. The van der Waals surface area contributed by atoms with Gasteiger partial charge >= 0.3 is 0 Å². The molecule has 3 heteroatoms. The van der Waals surface area contributed by atoms with Crippen LogP contribution in [-0.4, -0.2) is 43.0 Å². The molecule has 0 amide bonds. The fourth-order valence-corrected chi connectivity index (χ4v) is 4.21. The maximum absolute atomic E-state index is 5.59. The molecule has 1 fully saturated rings. The molecule has 1 saturated heterocycles. The Morgan fingerprint density at radius 2 is 2.28 bits per heavy atom. The van der Waals surface area contributed by atoms with Gasteiger partial charge in [-0.3, -0.25) is 4.90 Å². The lowest BCUT2D eigenvalue weighted by molar-refractivity contribution is -0.0104. The Bertz CT molecular complexity index is 409. The molecule has 0 radical (unpaired) electrons. The van der Waals surface area contributed by atoms with Gasteiger partial charge in [0, 0.05) is 35.7 Å². The van der Waals surface area contributed by atoms with Crippen molar-refractivity contribution in [2.45, 2.75) is 30.2 Å². The van der Waals surface area contributed by atoms with E-state index >= 15 is 0 Å². The number of fused-ring (bicyclic) bond motifs is 1. The molecule has 0 N–H and O–H groups in total. The molecule has 3 rings (SSSR count). The summed E-state index contributed by atoms with van der Waals surface area (Å²) < 4.78 is 5.59. The Hall–Kier alpha value is -0.510. The van der Waals surface area contributed by atoms with Crippen LogP contribution >= 0.6 is 11.8 Å². The van der Waals surface area contributed by atoms with E-state index in [2.05, 4.69) is 36.1 Å². The Balaban J connectivity index is 1.70. The van der Waals surface area contributed by atoms with Gasteiger partial charge in [-0.25, -0.2) is 0 Å². The van der Waals surface area contributed by atoms with Crippen LogP contribution in [0, 0.1) is 0 Å². The Labute approximate surface area is 114 Å². The van der Waals surface area contributed by atoms with Crippen LogP contribution in [0.3, 0.4) is 0 Å². The molecular formula is C15H21NOS. The molecule has 0 saturated carbocycles. The summed E-state index contributed by atoms with van der Waals surface area (Å²) in [4.78, 5) is 4.13. The fourth-order valence-electron chi connectivity index (χ4n) is 2.97. The molecule has 18 heavy (non-hydrogen) atoms. The first-order valence-electron chi connectivity index (χ1n) is 6.92. The number of hydrogen-bond donors (Lipinski definition) is 0. The van der Waals surface area contributed by atoms with Gasteiger partial charge in [-0.15, -0.1) is 11.8 Å². The van der Waals surface area contributed by atoms with Gasteiger partial charge in [-0.05, 0) is 18.1 Å². The van der Waals surface area contributed by atoms with Crippen LogP contribution in [-0.2, 0) is 4.74 Å². The second-order valence-corrected chi connectivity index (χ2v) is 6.24. The average molecular weight is 263 g/mol. The van der Waals surface area contributed by atoms with Crippen molar-refractivity contribution in [1.29, 1.82) is 0 Å². The average Bonchev–Trinajstić information content (AvgIpc) is 2.83. The van der Waals surface area contributed by atoms with E-state index in [1.807, 2.05) is 11.8 Å². The predicted molar refractivity (Wildman–Crippen MR) is 76.4 cm³/mol. The van der Waals surface area contributed by atoms with E-state index in [1.165, 1.54) is 23.6 Å². The molecule has 2 heterocycles. The molecule has 2 nitrogen and oxygen atoms in total. The smallest absolute Gasteiger partial charge is 0.0622 e. The summed E-state index contributed by atoms with van der Waals surface area (Å²) in [6, 6.07) is 9.51. The van der Waals surface area contributed by atoms with E-state index in [4.69, 9.17) is 4.74 Å². The van der Waals surface area contributed by atoms with E-state index < -0.39 is 0 Å². The molecule has 98 valence electrons. The second-order valence-electron chi connectivity index (χ2n) is 5.18. The van der Waals surface area contributed by atoms with Crippen LogP contribution in [0.4, 0.5) is 0 Å². The predicted octanol–water partition coefficient (Wildman–Crippen LogP) is 2.99. The van der Waals surface area contributed by atoms with Crippen LogP contribution in [0.1, 0.15) is 24.8 Å². The van der Waals surface area contributed by atoms with Crippen LogP contribution in [0.5, 0.6) is 0 Å². The number of thioether (sulfide) groups is 1. The van der Waals surface area contributed by atoms with Crippen molar-refractivity contribution in [2.75, 3.05) is 32.1 Å². The zero-order valence-electron chi connectivity index (χ0n) is 11.0. The number of rotatable bonds is 3. The van der Waals surface area contributed by atoms with Crippen molar-refractivity contribution in [2.24, 2.45) is 0 Å². The van der Waals surface area contributed by atoms with Crippen molar-refractivity contribution in [3.63, 3.8) is 0 Å². The highest BCUT2D eigenvalue weighted by molar-refractivity contribution is 7.99. The topological polar surface area (TPSA) is 12.5 Å². The first-order chi connectivity index (χ1) is 8.88. The van der Waals surface area contributed by atoms with Crippen molar-refractivity contribution < 1.29 is 4.74 Å². The van der Waals surface area contributed by atoms with Gasteiger partial charge in [-0.2, -0.15) is 0 Å². The van der Waals surface area contributed by atoms with Gasteiger partial charge in [0.25, 0.3) is 0 Å². The van der Waals surface area contributed by atoms with Gasteiger partial charge in [0.05, 0.1) is 13.2 Å². The normalized spacial score (nSPS) is 28.3. The Morgan fingerprint density at radius 1 is 1.39 bits per heavy atom. The minimum absolute atomic E-state index is 0.622. The molecule has 2 aliphatic heterocycles. The molecule has 0 aliphatic carbocycles. The molecule has 0 bridgehead atoms. The van der Waals surface area contributed by atoms with Crippen LogP contribution in [0.15, 0.2) is 29.2 Å². The first-order valence-corrected chi connectivity index (χ1v) is 7.90. The quantitative estimate of drug-likeness (QED) is 0.832. The van der Waals surface area contributed by atoms with Crippen LogP contribution < -0.4 is 0 Å². The summed E-state index contributed by atoms with van der Waals surface area (Å²) in [7, 11) is 0. The van der Waals surface area contributed by atoms with Crippen molar-refractivity contribution >= 4 is 11.8 Å². The Kier molecular flexibility index (Phi) is 3.92. The lowest BCUT2D eigenvalue weighted by Crippen LogP contribution is -2.46. The van der Waals surface area contributed by atoms with Crippen molar-refractivity contribution in [3.05, 3.63) is 29.8 Å². The van der Waals surface area contributed by atoms with Crippen molar-refractivity contribution in [3.8, 4) is 0 Å². The summed E-state index contributed by atoms with van der Waals surface area (Å²) in [5.41, 5.74) is 1.56. The lowest BCUT2D eigenvalue weighted by atomic mass is 9.99. The molecule has 2 aliphatic rings. The van der Waals surface area contributed by atoms with Crippen molar-refractivity contribution in [1.82, 2.24) is 4.90 Å². The largest absolute Gasteiger partial charge is 0.378 e. The molecule has 0 spiro atoms. The van der Waals surface area contributed by atoms with E-state index in [0.717, 1.165) is 19.8 Å². The van der Waals surface area contributed by atoms with E-state index in [0.29, 0.717) is 12.0 Å². The number of nitrogens with zero attached hydrogens (tertiary/aromatic N) is 1. The fraction of sp³-hybridized carbons (Fsp3) is 0.600. The summed E-state index contributed by atoms with van der Waals surface area (Å²) in [5, 5.41) is 0. The zero-order valence-corrected chi connectivity index (χ0v) is 11.8. The van der Waals surface area contributed by atoms with Crippen LogP contribution in [0.2, 0.25) is 0 Å². The molecule has 0 aromatic heterocycles. The number of ether oxygens (including phenoxy) is 1. The Morgan fingerprint density at radius 3 is 3.17 bits per heavy atom. The monoisotopic (exact) mass is 263 g/mol. The summed E-state index contributed by atoms with van der Waals surface area (Å²) in [6.45, 7) is 6.38. The summed E-state index contributed by atoms with van der Waals surface area (Å²) in [6.07, 6.45) is 1.20. The summed E-state index contributed by atoms with van der Waals surface area (Å²) >= 11 is 2.02. The number of morpholine rings is 1. The molecule has 2 atom stereocenters. The second kappa shape index (κ2) is 5.64. The SMILES string of the molecule is CCC1COCCN1CC1CSc2ccccc21. The first kappa shape index (κ1) is 12.5. The van der Waals surface area contributed by atoms with E-state index in [9.17, 15) is 0 Å². The summed E-state index contributed by atoms with van der Waals surface area (Å²) in [5.74, 6) is 1.95. The molecule has 1 aromatic rings. The number of benzene rings is 1. The molecule has 2 unspecified atom stereocenters.